The average Bonchev–Trinajstić information content (AvgIpc) is 0.977. The lowest BCUT2D eigenvalue weighted by Crippen LogP contribution is -2.30. The summed E-state index contributed by atoms with van der Waals surface area (Å²) in [6.07, 6.45) is 60.9. The van der Waals surface area contributed by atoms with Gasteiger partial charge in [0.15, 0.2) is 12.2 Å². The van der Waals surface area contributed by atoms with Crippen LogP contribution in [0.3, 0.4) is 0 Å². The topological polar surface area (TPSA) is 237 Å². The van der Waals surface area contributed by atoms with Gasteiger partial charge in [0.05, 0.1) is 26.4 Å². The molecule has 0 rings (SSSR count). The molecule has 17 nitrogen and oxygen atoms in total. The summed E-state index contributed by atoms with van der Waals surface area (Å²) < 4.78 is 68.7. The Morgan fingerprint density at radius 1 is 0.273 bits per heavy atom. The monoisotopic (exact) mass is 1450 g/mol. The molecule has 0 aromatic rings. The fraction of sp³-hybridized carbons (Fsp3) is 0.950. The second-order valence-corrected chi connectivity index (χ2v) is 32.7. The van der Waals surface area contributed by atoms with Crippen molar-refractivity contribution in [1.82, 2.24) is 0 Å². The van der Waals surface area contributed by atoms with Crippen LogP contribution >= 0.6 is 15.6 Å². The summed E-state index contributed by atoms with van der Waals surface area (Å²) in [6.45, 7) is 9.66. The van der Waals surface area contributed by atoms with Crippen LogP contribution in [0.5, 0.6) is 0 Å². The molecule has 0 fully saturated rings. The Morgan fingerprint density at radius 2 is 0.465 bits per heavy atom. The Bertz CT molecular complexity index is 1910. The van der Waals surface area contributed by atoms with Gasteiger partial charge in [0.25, 0.3) is 0 Å². The molecule has 0 aromatic heterocycles. The number of rotatable bonds is 79. The van der Waals surface area contributed by atoms with E-state index in [9.17, 15) is 43.2 Å². The molecule has 0 aliphatic rings. The smallest absolute Gasteiger partial charge is 0.462 e. The zero-order valence-electron chi connectivity index (χ0n) is 64.8. The summed E-state index contributed by atoms with van der Waals surface area (Å²) in [7, 11) is -9.92. The highest BCUT2D eigenvalue weighted by Crippen LogP contribution is 2.45. The third-order valence-corrected chi connectivity index (χ3v) is 20.6. The molecule has 0 saturated carbocycles. The van der Waals surface area contributed by atoms with Gasteiger partial charge < -0.3 is 33.8 Å². The Labute approximate surface area is 607 Å². The summed E-state index contributed by atoms with van der Waals surface area (Å²) in [5.74, 6) is -0.529. The maximum atomic E-state index is 13.1. The van der Waals surface area contributed by atoms with E-state index in [4.69, 9.17) is 37.0 Å². The van der Waals surface area contributed by atoms with Crippen LogP contribution in [0.25, 0.3) is 0 Å². The maximum absolute atomic E-state index is 13.1. The zero-order chi connectivity index (χ0) is 72.8. The van der Waals surface area contributed by atoms with Crippen LogP contribution in [0.1, 0.15) is 420 Å². The minimum Gasteiger partial charge on any atom is -0.462 e. The van der Waals surface area contributed by atoms with Gasteiger partial charge in [0.1, 0.15) is 19.3 Å². The van der Waals surface area contributed by atoms with Crippen LogP contribution in [-0.4, -0.2) is 96.7 Å². The number of ether oxygens (including phenoxy) is 4. The molecule has 2 unspecified atom stereocenters. The van der Waals surface area contributed by atoms with E-state index < -0.39 is 97.5 Å². The molecule has 99 heavy (non-hydrogen) atoms. The van der Waals surface area contributed by atoms with Crippen molar-refractivity contribution in [3.63, 3.8) is 0 Å². The van der Waals surface area contributed by atoms with Crippen LogP contribution in [0, 0.1) is 11.8 Å². The van der Waals surface area contributed by atoms with E-state index in [1.54, 1.807) is 0 Å². The number of hydrogen-bond donors (Lipinski definition) is 3. The Kier molecular flexibility index (Phi) is 70.3. The molecule has 19 heteroatoms. The van der Waals surface area contributed by atoms with E-state index in [1.165, 1.54) is 238 Å². The van der Waals surface area contributed by atoms with Crippen molar-refractivity contribution in [1.29, 1.82) is 0 Å². The third kappa shape index (κ3) is 74.1. The van der Waals surface area contributed by atoms with Gasteiger partial charge in [-0.25, -0.2) is 9.13 Å². The highest BCUT2D eigenvalue weighted by molar-refractivity contribution is 7.47. The number of aliphatic hydroxyl groups excluding tert-OH is 1. The van der Waals surface area contributed by atoms with Crippen molar-refractivity contribution >= 4 is 39.5 Å². The number of esters is 4. The fourth-order valence-electron chi connectivity index (χ4n) is 12.4. The summed E-state index contributed by atoms with van der Waals surface area (Å²) in [6, 6.07) is 0. The van der Waals surface area contributed by atoms with E-state index in [1.807, 2.05) is 0 Å². The van der Waals surface area contributed by atoms with Crippen LogP contribution in [-0.2, 0) is 65.4 Å². The van der Waals surface area contributed by atoms with Gasteiger partial charge >= 0.3 is 39.5 Å². The van der Waals surface area contributed by atoms with E-state index in [0.717, 1.165) is 102 Å². The second kappa shape index (κ2) is 71.7. The van der Waals surface area contributed by atoms with Crippen LogP contribution in [0.2, 0.25) is 0 Å². The molecule has 3 N–H and O–H groups in total. The Hall–Kier alpha value is -1.94. The summed E-state index contributed by atoms with van der Waals surface area (Å²) in [5.41, 5.74) is 0. The van der Waals surface area contributed by atoms with Gasteiger partial charge in [0.2, 0.25) is 0 Å². The first-order valence-electron chi connectivity index (χ1n) is 41.5. The summed E-state index contributed by atoms with van der Waals surface area (Å²) >= 11 is 0. The van der Waals surface area contributed by atoms with Crippen LogP contribution in [0.4, 0.5) is 0 Å². The quantitative estimate of drug-likeness (QED) is 0.0222. The first-order valence-corrected chi connectivity index (χ1v) is 44.5. The molecule has 5 atom stereocenters. The molecule has 0 radical (unpaired) electrons. The molecule has 0 heterocycles. The lowest BCUT2D eigenvalue weighted by Gasteiger charge is -2.21. The van der Waals surface area contributed by atoms with E-state index >= 15 is 0 Å². The zero-order valence-corrected chi connectivity index (χ0v) is 66.6. The van der Waals surface area contributed by atoms with Crippen LogP contribution in [0.15, 0.2) is 0 Å². The number of aliphatic hydroxyl groups is 1. The molecule has 0 aliphatic carbocycles. The first kappa shape index (κ1) is 97.1. The van der Waals surface area contributed by atoms with Crippen molar-refractivity contribution in [3.8, 4) is 0 Å². The predicted molar refractivity (Wildman–Crippen MR) is 405 cm³/mol. The number of carbonyl (C=O) groups is 4. The number of phosphoric ester groups is 2. The number of carbonyl (C=O) groups excluding carboxylic acids is 4. The van der Waals surface area contributed by atoms with Crippen molar-refractivity contribution < 1.29 is 80.2 Å². The molecule has 0 aromatic carbocycles. The van der Waals surface area contributed by atoms with Gasteiger partial charge in [-0.3, -0.25) is 37.3 Å². The average molecular weight is 1450 g/mol. The molecular formula is C80H156O17P2. The molecule has 0 spiro atoms. The molecule has 588 valence electrons. The third-order valence-electron chi connectivity index (χ3n) is 18.7. The summed E-state index contributed by atoms with van der Waals surface area (Å²) in [4.78, 5) is 73.0. The van der Waals surface area contributed by atoms with Gasteiger partial charge in [0, 0.05) is 25.7 Å². The lowest BCUT2D eigenvalue weighted by atomic mass is 10.0. The number of unbranched alkanes of at least 4 members (excludes halogenated alkanes) is 49. The van der Waals surface area contributed by atoms with Crippen molar-refractivity contribution in [2.24, 2.45) is 11.8 Å². The van der Waals surface area contributed by atoms with Gasteiger partial charge in [-0.05, 0) is 37.5 Å². The highest BCUT2D eigenvalue weighted by Gasteiger charge is 2.30. The predicted octanol–water partition coefficient (Wildman–Crippen LogP) is 23.9. The van der Waals surface area contributed by atoms with Crippen LogP contribution < -0.4 is 0 Å². The SMILES string of the molecule is CCCCCCCCCCCCCCCCCCC(=O)OC[C@H](COP(=O)(O)OC[C@@H](O)COP(=O)(O)OC[C@@H](COC(=O)CCCCCCCCCCCC)OC(=O)CCCCCCCCCCCCCCC(C)C)OC(=O)CCCCCCCCCCCCCCCCCC(C)C. The number of hydrogen-bond acceptors (Lipinski definition) is 15. The van der Waals surface area contributed by atoms with Gasteiger partial charge in [-0.2, -0.15) is 0 Å². The van der Waals surface area contributed by atoms with E-state index in [-0.39, 0.29) is 25.7 Å². The summed E-state index contributed by atoms with van der Waals surface area (Å²) in [5, 5.41) is 10.6. The molecular weight excluding hydrogens is 1290 g/mol. The van der Waals surface area contributed by atoms with Crippen molar-refractivity contribution in [3.05, 3.63) is 0 Å². The molecule has 0 saturated heterocycles. The maximum Gasteiger partial charge on any atom is 0.472 e. The van der Waals surface area contributed by atoms with Crippen molar-refractivity contribution in [2.45, 2.75) is 439 Å². The first-order chi connectivity index (χ1) is 47.9. The fourth-order valence-corrected chi connectivity index (χ4v) is 13.9. The van der Waals surface area contributed by atoms with E-state index in [2.05, 4.69) is 41.5 Å². The lowest BCUT2D eigenvalue weighted by molar-refractivity contribution is -0.161. The molecule has 0 bridgehead atoms. The molecule has 0 aliphatic heterocycles. The minimum atomic E-state index is -4.96. The molecule has 0 amide bonds. The Balaban J connectivity index is 5.24. The Morgan fingerprint density at radius 3 is 0.687 bits per heavy atom. The van der Waals surface area contributed by atoms with Gasteiger partial charge in [-0.15, -0.1) is 0 Å². The van der Waals surface area contributed by atoms with Gasteiger partial charge in [-0.1, -0.05) is 369 Å². The normalized spacial score (nSPS) is 13.9. The van der Waals surface area contributed by atoms with E-state index in [0.29, 0.717) is 25.7 Å². The van der Waals surface area contributed by atoms with Crippen molar-refractivity contribution in [2.75, 3.05) is 39.6 Å². The second-order valence-electron chi connectivity index (χ2n) is 29.8. The standard InChI is InChI=1S/C80H156O17P2/c1-7-9-11-13-15-17-19-20-21-24-27-33-39-45-51-57-63-78(83)91-69-76(97-79(84)64-58-52-46-40-34-28-25-22-23-26-31-36-42-48-54-60-72(3)4)71-95-99(88,89)93-67-74(81)66-92-98(86,87)94-70-75(68-90-77(82)62-56-50-44-38-18-16-14-12-10-8-2)96-80(85)65-59-53-47-41-35-30-29-32-37-43-49-55-61-73(5)6/h72-76,81H,7-71H2,1-6H3,(H,86,87)(H,88,89)/t74-,75+,76+/m0/s1. The number of phosphoric acid groups is 2. The highest BCUT2D eigenvalue weighted by atomic mass is 31.2. The largest absolute Gasteiger partial charge is 0.472 e. The minimum absolute atomic E-state index is 0.107.